The minimum absolute atomic E-state index is 0.0396. The fourth-order valence-corrected chi connectivity index (χ4v) is 1.76. The van der Waals surface area contributed by atoms with Crippen LogP contribution in [0.2, 0.25) is 5.02 Å². The van der Waals surface area contributed by atoms with Gasteiger partial charge in [-0.2, -0.15) is 0 Å². The van der Waals surface area contributed by atoms with Gasteiger partial charge in [0.05, 0.1) is 12.1 Å². The molecule has 1 N–H and O–H groups in total. The standard InChI is InChI=1S/C12H18ClNO/c1-12(2,14-3)8-9-6-5-7-10(13)11(9)15-4/h5-7,14H,8H2,1-4H3. The zero-order valence-corrected chi connectivity index (χ0v) is 10.5. The Morgan fingerprint density at radius 2 is 2.07 bits per heavy atom. The average molecular weight is 228 g/mol. The molecule has 1 rings (SSSR count). The third kappa shape index (κ3) is 3.11. The fourth-order valence-electron chi connectivity index (χ4n) is 1.49. The van der Waals surface area contributed by atoms with E-state index in [0.29, 0.717) is 5.02 Å². The molecule has 0 heterocycles. The highest BCUT2D eigenvalue weighted by Crippen LogP contribution is 2.30. The number of hydrogen-bond acceptors (Lipinski definition) is 2. The van der Waals surface area contributed by atoms with Crippen LogP contribution in [-0.4, -0.2) is 19.7 Å². The summed E-state index contributed by atoms with van der Waals surface area (Å²) < 4.78 is 5.31. The number of benzene rings is 1. The summed E-state index contributed by atoms with van der Waals surface area (Å²) >= 11 is 6.06. The lowest BCUT2D eigenvalue weighted by Crippen LogP contribution is -2.38. The highest BCUT2D eigenvalue weighted by Gasteiger charge is 2.18. The first kappa shape index (κ1) is 12.3. The van der Waals surface area contributed by atoms with Crippen molar-refractivity contribution >= 4 is 11.6 Å². The van der Waals surface area contributed by atoms with Gasteiger partial charge in [0.1, 0.15) is 5.75 Å². The molecule has 0 atom stereocenters. The monoisotopic (exact) mass is 227 g/mol. The SMILES string of the molecule is CNC(C)(C)Cc1cccc(Cl)c1OC. The molecule has 1 aromatic carbocycles. The van der Waals surface area contributed by atoms with E-state index in [9.17, 15) is 0 Å². The van der Waals surface area contributed by atoms with Crippen LogP contribution in [0.25, 0.3) is 0 Å². The van der Waals surface area contributed by atoms with Crippen LogP contribution < -0.4 is 10.1 Å². The number of nitrogens with one attached hydrogen (secondary N) is 1. The normalized spacial score (nSPS) is 11.5. The number of para-hydroxylation sites is 1. The minimum atomic E-state index is 0.0396. The molecule has 0 fully saturated rings. The summed E-state index contributed by atoms with van der Waals surface area (Å²) in [6.07, 6.45) is 0.882. The fraction of sp³-hybridized carbons (Fsp3) is 0.500. The van der Waals surface area contributed by atoms with Crippen LogP contribution in [0.4, 0.5) is 0 Å². The van der Waals surface area contributed by atoms with E-state index in [1.54, 1.807) is 7.11 Å². The lowest BCUT2D eigenvalue weighted by Gasteiger charge is -2.25. The van der Waals surface area contributed by atoms with Crippen molar-refractivity contribution in [2.24, 2.45) is 0 Å². The zero-order valence-electron chi connectivity index (χ0n) is 9.73. The Bertz CT molecular complexity index is 336. The van der Waals surface area contributed by atoms with Gasteiger partial charge in [0, 0.05) is 5.54 Å². The van der Waals surface area contributed by atoms with Crippen molar-refractivity contribution in [3.63, 3.8) is 0 Å². The summed E-state index contributed by atoms with van der Waals surface area (Å²) in [5.74, 6) is 0.780. The van der Waals surface area contributed by atoms with E-state index in [0.717, 1.165) is 17.7 Å². The van der Waals surface area contributed by atoms with E-state index in [1.165, 1.54) is 0 Å². The van der Waals surface area contributed by atoms with Gasteiger partial charge in [-0.3, -0.25) is 0 Å². The molecule has 0 radical (unpaired) electrons. The molecule has 0 spiro atoms. The maximum Gasteiger partial charge on any atom is 0.140 e. The van der Waals surface area contributed by atoms with E-state index < -0.39 is 0 Å². The predicted molar refractivity (Wildman–Crippen MR) is 64.8 cm³/mol. The molecule has 0 saturated carbocycles. The van der Waals surface area contributed by atoms with E-state index >= 15 is 0 Å². The van der Waals surface area contributed by atoms with Crippen molar-refractivity contribution in [2.45, 2.75) is 25.8 Å². The highest BCUT2D eigenvalue weighted by molar-refractivity contribution is 6.32. The van der Waals surface area contributed by atoms with Crippen LogP contribution in [0.1, 0.15) is 19.4 Å². The summed E-state index contributed by atoms with van der Waals surface area (Å²) in [6, 6.07) is 5.84. The molecule has 0 aliphatic heterocycles. The van der Waals surface area contributed by atoms with Gasteiger partial charge < -0.3 is 10.1 Å². The Hall–Kier alpha value is -0.730. The number of hydrogen-bond donors (Lipinski definition) is 1. The molecule has 15 heavy (non-hydrogen) atoms. The van der Waals surface area contributed by atoms with Crippen molar-refractivity contribution in [2.75, 3.05) is 14.2 Å². The van der Waals surface area contributed by atoms with Gasteiger partial charge in [-0.15, -0.1) is 0 Å². The topological polar surface area (TPSA) is 21.3 Å². The summed E-state index contributed by atoms with van der Waals surface area (Å²) in [5, 5.41) is 3.93. The molecule has 84 valence electrons. The Morgan fingerprint density at radius 1 is 1.40 bits per heavy atom. The van der Waals surface area contributed by atoms with Crippen molar-refractivity contribution < 1.29 is 4.74 Å². The molecule has 0 bridgehead atoms. The van der Waals surface area contributed by atoms with Gasteiger partial charge in [0.2, 0.25) is 0 Å². The zero-order chi connectivity index (χ0) is 11.5. The predicted octanol–water partition coefficient (Wildman–Crippen LogP) is 2.89. The largest absolute Gasteiger partial charge is 0.495 e. The highest BCUT2D eigenvalue weighted by atomic mass is 35.5. The van der Waals surface area contributed by atoms with Gasteiger partial charge in [-0.1, -0.05) is 23.7 Å². The van der Waals surface area contributed by atoms with E-state index in [4.69, 9.17) is 16.3 Å². The second-order valence-electron chi connectivity index (χ2n) is 4.24. The maximum atomic E-state index is 6.06. The third-order valence-corrected chi connectivity index (χ3v) is 2.86. The maximum absolute atomic E-state index is 6.06. The van der Waals surface area contributed by atoms with Gasteiger partial charge >= 0.3 is 0 Å². The molecule has 1 aromatic rings. The molecule has 3 heteroatoms. The summed E-state index contributed by atoms with van der Waals surface area (Å²) in [7, 11) is 3.61. The van der Waals surface area contributed by atoms with Gasteiger partial charge in [0.15, 0.2) is 0 Å². The molecule has 0 saturated heterocycles. The average Bonchev–Trinajstić information content (AvgIpc) is 2.18. The first-order valence-electron chi connectivity index (χ1n) is 5.00. The molecule has 0 aliphatic rings. The summed E-state index contributed by atoms with van der Waals surface area (Å²) in [6.45, 7) is 4.29. The lowest BCUT2D eigenvalue weighted by atomic mass is 9.94. The van der Waals surface area contributed by atoms with Crippen molar-refractivity contribution in [3.05, 3.63) is 28.8 Å². The minimum Gasteiger partial charge on any atom is -0.495 e. The van der Waals surface area contributed by atoms with E-state index in [1.807, 2.05) is 25.2 Å². The lowest BCUT2D eigenvalue weighted by molar-refractivity contribution is 0.386. The molecular formula is C12H18ClNO. The Kier molecular flexibility index (Phi) is 4.00. The smallest absolute Gasteiger partial charge is 0.140 e. The number of methoxy groups -OCH3 is 1. The second kappa shape index (κ2) is 4.86. The van der Waals surface area contributed by atoms with Crippen molar-refractivity contribution in [1.29, 1.82) is 0 Å². The molecular weight excluding hydrogens is 210 g/mol. The first-order chi connectivity index (χ1) is 7.00. The van der Waals surface area contributed by atoms with Crippen LogP contribution in [0, 0.1) is 0 Å². The van der Waals surface area contributed by atoms with Crippen LogP contribution in [0.15, 0.2) is 18.2 Å². The summed E-state index contributed by atoms with van der Waals surface area (Å²) in [5.41, 5.74) is 1.17. The molecule has 0 aromatic heterocycles. The Balaban J connectivity index is 2.99. The van der Waals surface area contributed by atoms with E-state index in [2.05, 4.69) is 19.2 Å². The van der Waals surface area contributed by atoms with Gasteiger partial charge in [0.25, 0.3) is 0 Å². The second-order valence-corrected chi connectivity index (χ2v) is 4.65. The van der Waals surface area contributed by atoms with E-state index in [-0.39, 0.29) is 5.54 Å². The van der Waals surface area contributed by atoms with Gasteiger partial charge in [-0.25, -0.2) is 0 Å². The molecule has 0 amide bonds. The molecule has 2 nitrogen and oxygen atoms in total. The van der Waals surface area contributed by atoms with Crippen molar-refractivity contribution in [3.8, 4) is 5.75 Å². The Morgan fingerprint density at radius 3 is 2.60 bits per heavy atom. The number of rotatable bonds is 4. The van der Waals surface area contributed by atoms with Gasteiger partial charge in [-0.05, 0) is 38.9 Å². The van der Waals surface area contributed by atoms with Crippen LogP contribution in [0.5, 0.6) is 5.75 Å². The van der Waals surface area contributed by atoms with Crippen LogP contribution >= 0.6 is 11.6 Å². The van der Waals surface area contributed by atoms with Crippen LogP contribution in [-0.2, 0) is 6.42 Å². The number of likely N-dealkylation sites (N-methyl/N-ethyl adjacent to an activating group) is 1. The molecule has 0 aliphatic carbocycles. The number of ether oxygens (including phenoxy) is 1. The summed E-state index contributed by atoms with van der Waals surface area (Å²) in [4.78, 5) is 0. The quantitative estimate of drug-likeness (QED) is 0.854. The Labute approximate surface area is 96.6 Å². The molecule has 0 unspecified atom stereocenters. The van der Waals surface area contributed by atoms with Crippen molar-refractivity contribution in [1.82, 2.24) is 5.32 Å². The van der Waals surface area contributed by atoms with Crippen LogP contribution in [0.3, 0.4) is 0 Å². The third-order valence-electron chi connectivity index (χ3n) is 2.56. The number of halogens is 1. The first-order valence-corrected chi connectivity index (χ1v) is 5.38.